The van der Waals surface area contributed by atoms with E-state index in [0.29, 0.717) is 0 Å². The lowest BCUT2D eigenvalue weighted by Gasteiger charge is -2.10. The second-order valence-electron chi connectivity index (χ2n) is 3.18. The van der Waals surface area contributed by atoms with Gasteiger partial charge in [-0.2, -0.15) is 13.2 Å². The average Bonchev–Trinajstić information content (AvgIpc) is 2.20. The minimum atomic E-state index is -4.47. The summed E-state index contributed by atoms with van der Waals surface area (Å²) in [4.78, 5) is 11.2. The summed E-state index contributed by atoms with van der Waals surface area (Å²) in [6, 6.07) is 2.74. The molecule has 0 unspecified atom stereocenters. The molecule has 0 radical (unpaired) electrons. The van der Waals surface area contributed by atoms with Gasteiger partial charge in [0, 0.05) is 0 Å². The van der Waals surface area contributed by atoms with Crippen molar-refractivity contribution in [3.05, 3.63) is 40.9 Å². The van der Waals surface area contributed by atoms with Gasteiger partial charge in [-0.1, -0.05) is 17.7 Å². The number of nitrogens with one attached hydrogen (secondary N) is 1. The van der Waals surface area contributed by atoms with E-state index in [2.05, 4.69) is 5.32 Å². The van der Waals surface area contributed by atoms with Gasteiger partial charge in [0.2, 0.25) is 5.91 Å². The Bertz CT molecular complexity index is 455. The van der Waals surface area contributed by atoms with E-state index in [1.807, 2.05) is 0 Å². The number of alkyl halides is 3. The molecule has 0 heterocycles. The molecule has 0 saturated carbocycles. The zero-order chi connectivity index (χ0) is 13.1. The summed E-state index contributed by atoms with van der Waals surface area (Å²) in [7, 11) is 0. The molecule has 1 aromatic carbocycles. The van der Waals surface area contributed by atoms with Crippen molar-refractivity contribution in [2.45, 2.75) is 13.1 Å². The molecule has 0 spiro atoms. The number of benzene rings is 1. The predicted molar refractivity (Wildman–Crippen MR) is 59.9 cm³/mol. The Morgan fingerprint density at radius 3 is 2.59 bits per heavy atom. The number of halogens is 4. The highest BCUT2D eigenvalue weighted by Gasteiger charge is 2.31. The van der Waals surface area contributed by atoms with Crippen LogP contribution in [0.4, 0.5) is 18.9 Å². The Hall–Kier alpha value is -1.49. The Kier molecular flexibility index (Phi) is 4.17. The molecule has 1 rings (SSSR count). The van der Waals surface area contributed by atoms with Crippen molar-refractivity contribution in [2.24, 2.45) is 0 Å². The van der Waals surface area contributed by atoms with Gasteiger partial charge in [0.1, 0.15) is 0 Å². The first-order valence-corrected chi connectivity index (χ1v) is 5.03. The quantitative estimate of drug-likeness (QED) is 0.806. The van der Waals surface area contributed by atoms with Crippen LogP contribution < -0.4 is 5.32 Å². The van der Waals surface area contributed by atoms with E-state index in [4.69, 9.17) is 11.6 Å². The molecule has 0 fully saturated rings. The van der Waals surface area contributed by atoms with E-state index in [1.165, 1.54) is 12.2 Å². The molecule has 17 heavy (non-hydrogen) atoms. The molecule has 0 atom stereocenters. The van der Waals surface area contributed by atoms with Crippen molar-refractivity contribution in [3.8, 4) is 0 Å². The molecule has 0 bridgehead atoms. The minimum absolute atomic E-state index is 0.0517. The molecule has 0 aliphatic rings. The minimum Gasteiger partial charge on any atom is -0.321 e. The van der Waals surface area contributed by atoms with E-state index in [-0.39, 0.29) is 10.7 Å². The van der Waals surface area contributed by atoms with Crippen molar-refractivity contribution < 1.29 is 18.0 Å². The van der Waals surface area contributed by atoms with Crippen molar-refractivity contribution in [3.63, 3.8) is 0 Å². The van der Waals surface area contributed by atoms with Crippen molar-refractivity contribution in [1.29, 1.82) is 0 Å². The summed E-state index contributed by atoms with van der Waals surface area (Å²) >= 11 is 5.68. The molecular weight excluding hydrogens is 255 g/mol. The van der Waals surface area contributed by atoms with Gasteiger partial charge in [-0.05, 0) is 31.2 Å². The third-order valence-corrected chi connectivity index (χ3v) is 2.20. The average molecular weight is 264 g/mol. The van der Waals surface area contributed by atoms with Crippen LogP contribution in [-0.2, 0) is 11.0 Å². The first-order valence-electron chi connectivity index (χ1n) is 4.65. The summed E-state index contributed by atoms with van der Waals surface area (Å²) < 4.78 is 37.2. The maximum atomic E-state index is 12.4. The fraction of sp³-hybridized carbons (Fsp3) is 0.182. The highest BCUT2D eigenvalue weighted by atomic mass is 35.5. The van der Waals surface area contributed by atoms with Crippen LogP contribution in [0.5, 0.6) is 0 Å². The monoisotopic (exact) mass is 263 g/mol. The number of carbonyl (C=O) groups excluding carboxylic acids is 1. The lowest BCUT2D eigenvalue weighted by atomic mass is 10.2. The van der Waals surface area contributed by atoms with Crippen LogP contribution in [-0.4, -0.2) is 5.91 Å². The van der Waals surface area contributed by atoms with E-state index in [9.17, 15) is 18.0 Å². The zero-order valence-corrected chi connectivity index (χ0v) is 9.56. The third kappa shape index (κ3) is 3.78. The van der Waals surface area contributed by atoms with Crippen LogP contribution in [0.25, 0.3) is 0 Å². The SMILES string of the molecule is CC=CC(=O)Nc1cc(C(F)(F)F)ccc1Cl. The molecule has 0 aliphatic carbocycles. The number of amides is 1. The van der Waals surface area contributed by atoms with E-state index in [0.717, 1.165) is 18.2 Å². The van der Waals surface area contributed by atoms with Crippen LogP contribution in [0, 0.1) is 0 Å². The summed E-state index contributed by atoms with van der Waals surface area (Å²) in [6.45, 7) is 1.62. The molecule has 92 valence electrons. The second-order valence-corrected chi connectivity index (χ2v) is 3.59. The Morgan fingerprint density at radius 1 is 1.41 bits per heavy atom. The standard InChI is InChI=1S/C11H9ClF3NO/c1-2-3-10(17)16-9-6-7(11(13,14)15)4-5-8(9)12/h2-6H,1H3,(H,16,17). The van der Waals surface area contributed by atoms with Crippen LogP contribution in [0.1, 0.15) is 12.5 Å². The number of rotatable bonds is 2. The molecule has 1 amide bonds. The van der Waals surface area contributed by atoms with Gasteiger partial charge in [-0.3, -0.25) is 4.79 Å². The first-order chi connectivity index (χ1) is 7.84. The van der Waals surface area contributed by atoms with Gasteiger partial charge in [-0.25, -0.2) is 0 Å². The number of carbonyl (C=O) groups is 1. The third-order valence-electron chi connectivity index (χ3n) is 1.87. The Morgan fingerprint density at radius 2 is 2.06 bits per heavy atom. The number of hydrogen-bond acceptors (Lipinski definition) is 1. The maximum Gasteiger partial charge on any atom is 0.416 e. The summed E-state index contributed by atoms with van der Waals surface area (Å²) in [5.74, 6) is -0.534. The zero-order valence-electron chi connectivity index (χ0n) is 8.81. The van der Waals surface area contributed by atoms with Crippen LogP contribution >= 0.6 is 11.6 Å². The molecule has 2 nitrogen and oxygen atoms in total. The number of allylic oxidation sites excluding steroid dienone is 1. The Labute approximate surface area is 101 Å². The highest BCUT2D eigenvalue weighted by molar-refractivity contribution is 6.33. The molecule has 0 aliphatic heterocycles. The fourth-order valence-corrected chi connectivity index (χ4v) is 1.29. The molecule has 6 heteroatoms. The van der Waals surface area contributed by atoms with Gasteiger partial charge < -0.3 is 5.32 Å². The Balaban J connectivity index is 3.03. The molecular formula is C11H9ClF3NO. The highest BCUT2D eigenvalue weighted by Crippen LogP contribution is 2.33. The predicted octanol–water partition coefficient (Wildman–Crippen LogP) is 3.87. The normalized spacial score (nSPS) is 11.8. The molecule has 0 saturated heterocycles. The van der Waals surface area contributed by atoms with E-state index < -0.39 is 17.6 Å². The van der Waals surface area contributed by atoms with Gasteiger partial charge in [0.05, 0.1) is 16.3 Å². The summed E-state index contributed by atoms with van der Waals surface area (Å²) in [5, 5.41) is 2.32. The van der Waals surface area contributed by atoms with E-state index in [1.54, 1.807) is 6.92 Å². The van der Waals surface area contributed by atoms with E-state index >= 15 is 0 Å². The second kappa shape index (κ2) is 5.23. The van der Waals surface area contributed by atoms with Gasteiger partial charge in [-0.15, -0.1) is 0 Å². The van der Waals surface area contributed by atoms with Crippen molar-refractivity contribution >= 4 is 23.2 Å². The van der Waals surface area contributed by atoms with Crippen molar-refractivity contribution in [2.75, 3.05) is 5.32 Å². The summed E-state index contributed by atoms with van der Waals surface area (Å²) in [5.41, 5.74) is -0.928. The van der Waals surface area contributed by atoms with Crippen molar-refractivity contribution in [1.82, 2.24) is 0 Å². The smallest absolute Gasteiger partial charge is 0.321 e. The molecule has 1 N–H and O–H groups in total. The van der Waals surface area contributed by atoms with Crippen LogP contribution in [0.2, 0.25) is 5.02 Å². The maximum absolute atomic E-state index is 12.4. The molecule has 0 aromatic heterocycles. The lowest BCUT2D eigenvalue weighted by Crippen LogP contribution is -2.10. The van der Waals surface area contributed by atoms with Crippen LogP contribution in [0.15, 0.2) is 30.4 Å². The lowest BCUT2D eigenvalue weighted by molar-refractivity contribution is -0.137. The topological polar surface area (TPSA) is 29.1 Å². The summed E-state index contributed by atoms with van der Waals surface area (Å²) in [6.07, 6.45) is -1.81. The van der Waals surface area contributed by atoms with Gasteiger partial charge in [0.25, 0.3) is 0 Å². The fourth-order valence-electron chi connectivity index (χ4n) is 1.12. The number of anilines is 1. The first kappa shape index (κ1) is 13.6. The van der Waals surface area contributed by atoms with Gasteiger partial charge >= 0.3 is 6.18 Å². The van der Waals surface area contributed by atoms with Gasteiger partial charge in [0.15, 0.2) is 0 Å². The van der Waals surface area contributed by atoms with Crippen LogP contribution in [0.3, 0.4) is 0 Å². The number of hydrogen-bond donors (Lipinski definition) is 1. The molecule has 1 aromatic rings. The largest absolute Gasteiger partial charge is 0.416 e.